The van der Waals surface area contributed by atoms with Crippen LogP contribution < -0.4 is 9.47 Å². The van der Waals surface area contributed by atoms with E-state index in [0.29, 0.717) is 6.54 Å². The van der Waals surface area contributed by atoms with Crippen LogP contribution >= 0.6 is 0 Å². The number of rotatable bonds is 7. The zero-order chi connectivity index (χ0) is 13.9. The number of aliphatic hydroxyl groups is 1. The molecule has 1 unspecified atom stereocenters. The van der Waals surface area contributed by atoms with Gasteiger partial charge >= 0.3 is 0 Å². The summed E-state index contributed by atoms with van der Waals surface area (Å²) in [6, 6.07) is 5.71. The fourth-order valence-corrected chi connectivity index (χ4v) is 2.71. The number of hydrogen-bond acceptors (Lipinski definition) is 4. The normalized spacial score (nSPS) is 18.6. The maximum atomic E-state index is 10.4. The van der Waals surface area contributed by atoms with E-state index in [-0.39, 0.29) is 6.79 Å². The number of aliphatic hydroxyl groups excluding tert-OH is 1. The first-order chi connectivity index (χ1) is 9.76. The SMILES string of the molecule is CCCN(CC1CC1)CC(O)c1ccc2c(c1)OCO2. The standard InChI is InChI=1S/C16H23NO3/c1-2-7-17(9-12-3-4-12)10-14(18)13-5-6-15-16(8-13)20-11-19-15/h5-6,8,12,14,18H,2-4,7,9-11H2,1H3. The minimum Gasteiger partial charge on any atom is -0.454 e. The van der Waals surface area contributed by atoms with E-state index in [4.69, 9.17) is 9.47 Å². The summed E-state index contributed by atoms with van der Waals surface area (Å²) in [5, 5.41) is 10.4. The highest BCUT2D eigenvalue weighted by Crippen LogP contribution is 2.35. The second-order valence-corrected chi connectivity index (χ2v) is 5.83. The summed E-state index contributed by atoms with van der Waals surface area (Å²) in [6.07, 6.45) is 3.36. The lowest BCUT2D eigenvalue weighted by molar-refractivity contribution is 0.110. The van der Waals surface area contributed by atoms with Gasteiger partial charge in [-0.3, -0.25) is 0 Å². The van der Waals surface area contributed by atoms with E-state index in [1.54, 1.807) is 0 Å². The van der Waals surface area contributed by atoms with Crippen molar-refractivity contribution in [1.82, 2.24) is 4.90 Å². The molecule has 1 aliphatic carbocycles. The highest BCUT2D eigenvalue weighted by Gasteiger charge is 2.25. The van der Waals surface area contributed by atoms with Crippen LogP contribution in [0.5, 0.6) is 11.5 Å². The molecular weight excluding hydrogens is 254 g/mol. The van der Waals surface area contributed by atoms with E-state index < -0.39 is 6.10 Å². The maximum Gasteiger partial charge on any atom is 0.231 e. The highest BCUT2D eigenvalue weighted by atomic mass is 16.7. The molecule has 0 saturated heterocycles. The summed E-state index contributed by atoms with van der Waals surface area (Å²) in [7, 11) is 0. The topological polar surface area (TPSA) is 41.9 Å². The van der Waals surface area contributed by atoms with Crippen molar-refractivity contribution in [3.63, 3.8) is 0 Å². The average molecular weight is 277 g/mol. The number of ether oxygens (including phenoxy) is 2. The van der Waals surface area contributed by atoms with Crippen LogP contribution in [0.4, 0.5) is 0 Å². The molecule has 1 atom stereocenters. The van der Waals surface area contributed by atoms with Gasteiger partial charge in [0.25, 0.3) is 0 Å². The fraction of sp³-hybridized carbons (Fsp3) is 0.625. The van der Waals surface area contributed by atoms with Gasteiger partial charge in [-0.1, -0.05) is 13.0 Å². The Morgan fingerprint density at radius 3 is 2.85 bits per heavy atom. The molecule has 1 fully saturated rings. The van der Waals surface area contributed by atoms with Crippen molar-refractivity contribution >= 4 is 0 Å². The molecular formula is C16H23NO3. The minimum absolute atomic E-state index is 0.276. The van der Waals surface area contributed by atoms with E-state index in [1.165, 1.54) is 12.8 Å². The monoisotopic (exact) mass is 277 g/mol. The molecule has 1 aromatic rings. The van der Waals surface area contributed by atoms with Crippen molar-refractivity contribution < 1.29 is 14.6 Å². The van der Waals surface area contributed by atoms with Gasteiger partial charge < -0.3 is 19.5 Å². The smallest absolute Gasteiger partial charge is 0.231 e. The van der Waals surface area contributed by atoms with E-state index in [9.17, 15) is 5.11 Å². The molecule has 3 rings (SSSR count). The molecule has 0 aromatic heterocycles. The number of benzene rings is 1. The summed E-state index contributed by atoms with van der Waals surface area (Å²) in [5.41, 5.74) is 0.908. The van der Waals surface area contributed by atoms with E-state index >= 15 is 0 Å². The number of hydrogen-bond donors (Lipinski definition) is 1. The van der Waals surface area contributed by atoms with Crippen LogP contribution in [0.25, 0.3) is 0 Å². The molecule has 20 heavy (non-hydrogen) atoms. The van der Waals surface area contributed by atoms with Crippen molar-refractivity contribution in [2.24, 2.45) is 5.92 Å². The highest BCUT2D eigenvalue weighted by molar-refractivity contribution is 5.45. The van der Waals surface area contributed by atoms with Crippen molar-refractivity contribution in [2.45, 2.75) is 32.3 Å². The Morgan fingerprint density at radius 2 is 2.10 bits per heavy atom. The summed E-state index contributed by atoms with van der Waals surface area (Å²) < 4.78 is 10.7. The van der Waals surface area contributed by atoms with Crippen molar-refractivity contribution in [1.29, 1.82) is 0 Å². The molecule has 1 aliphatic heterocycles. The summed E-state index contributed by atoms with van der Waals surface area (Å²) in [6.45, 7) is 5.34. The molecule has 0 amide bonds. The van der Waals surface area contributed by atoms with Crippen LogP contribution in [0.15, 0.2) is 18.2 Å². The van der Waals surface area contributed by atoms with Gasteiger partial charge in [0.15, 0.2) is 11.5 Å². The Labute approximate surface area is 120 Å². The molecule has 4 nitrogen and oxygen atoms in total. The molecule has 0 spiro atoms. The third kappa shape index (κ3) is 3.25. The first kappa shape index (κ1) is 13.7. The minimum atomic E-state index is -0.463. The van der Waals surface area contributed by atoms with Crippen LogP contribution in [-0.4, -0.2) is 36.4 Å². The predicted octanol–water partition coefficient (Wildman–Crippen LogP) is 2.57. The Balaban J connectivity index is 1.62. The lowest BCUT2D eigenvalue weighted by Gasteiger charge is -2.24. The first-order valence-corrected chi connectivity index (χ1v) is 7.56. The third-order valence-electron chi connectivity index (χ3n) is 3.97. The van der Waals surface area contributed by atoms with Gasteiger partial charge in [-0.15, -0.1) is 0 Å². The van der Waals surface area contributed by atoms with E-state index in [1.807, 2.05) is 18.2 Å². The van der Waals surface area contributed by atoms with Gasteiger partial charge in [-0.25, -0.2) is 0 Å². The van der Waals surface area contributed by atoms with E-state index in [0.717, 1.165) is 42.5 Å². The molecule has 1 N–H and O–H groups in total. The fourth-order valence-electron chi connectivity index (χ4n) is 2.71. The molecule has 2 aliphatic rings. The zero-order valence-corrected chi connectivity index (χ0v) is 12.0. The van der Waals surface area contributed by atoms with Crippen LogP contribution in [0.1, 0.15) is 37.9 Å². The third-order valence-corrected chi connectivity index (χ3v) is 3.97. The molecule has 0 bridgehead atoms. The lowest BCUT2D eigenvalue weighted by atomic mass is 10.1. The average Bonchev–Trinajstić information content (AvgIpc) is 3.13. The number of nitrogens with zero attached hydrogens (tertiary/aromatic N) is 1. The largest absolute Gasteiger partial charge is 0.454 e. The van der Waals surface area contributed by atoms with Crippen molar-refractivity contribution in [3.05, 3.63) is 23.8 Å². The Kier molecular flexibility index (Phi) is 4.13. The van der Waals surface area contributed by atoms with Crippen molar-refractivity contribution in [2.75, 3.05) is 26.4 Å². The van der Waals surface area contributed by atoms with Gasteiger partial charge in [0.2, 0.25) is 6.79 Å². The second-order valence-electron chi connectivity index (χ2n) is 5.83. The van der Waals surface area contributed by atoms with Gasteiger partial charge in [0.1, 0.15) is 0 Å². The molecule has 1 saturated carbocycles. The van der Waals surface area contributed by atoms with Gasteiger partial charge in [-0.2, -0.15) is 0 Å². The Morgan fingerprint density at radius 1 is 1.30 bits per heavy atom. The Bertz CT molecular complexity index is 459. The summed E-state index contributed by atoms with van der Waals surface area (Å²) in [4.78, 5) is 2.38. The van der Waals surface area contributed by atoms with Crippen LogP contribution in [0, 0.1) is 5.92 Å². The van der Waals surface area contributed by atoms with Crippen molar-refractivity contribution in [3.8, 4) is 11.5 Å². The number of fused-ring (bicyclic) bond motifs is 1. The summed E-state index contributed by atoms with van der Waals surface area (Å²) in [5.74, 6) is 2.36. The van der Waals surface area contributed by atoms with Gasteiger partial charge in [0, 0.05) is 13.1 Å². The zero-order valence-electron chi connectivity index (χ0n) is 12.0. The maximum absolute atomic E-state index is 10.4. The van der Waals surface area contributed by atoms with E-state index in [2.05, 4.69) is 11.8 Å². The quantitative estimate of drug-likeness (QED) is 0.831. The second kappa shape index (κ2) is 6.02. The van der Waals surface area contributed by atoms with Crippen LogP contribution in [0.2, 0.25) is 0 Å². The van der Waals surface area contributed by atoms with Gasteiger partial charge in [-0.05, 0) is 49.4 Å². The predicted molar refractivity (Wildman–Crippen MR) is 77.0 cm³/mol. The molecule has 4 heteroatoms. The molecule has 1 heterocycles. The van der Waals surface area contributed by atoms with Crippen LogP contribution in [-0.2, 0) is 0 Å². The first-order valence-electron chi connectivity index (χ1n) is 7.56. The molecule has 0 radical (unpaired) electrons. The lowest BCUT2D eigenvalue weighted by Crippen LogP contribution is -2.31. The van der Waals surface area contributed by atoms with Crippen LogP contribution in [0.3, 0.4) is 0 Å². The molecule has 1 aromatic carbocycles. The van der Waals surface area contributed by atoms with Gasteiger partial charge in [0.05, 0.1) is 6.10 Å². The Hall–Kier alpha value is -1.26. The molecule has 110 valence electrons. The summed E-state index contributed by atoms with van der Waals surface area (Å²) >= 11 is 0.